The van der Waals surface area contributed by atoms with E-state index in [9.17, 15) is 14.7 Å². The zero-order chi connectivity index (χ0) is 14.7. The number of benzene rings is 1. The van der Waals surface area contributed by atoms with Crippen LogP contribution in [0.25, 0.3) is 0 Å². The lowest BCUT2D eigenvalue weighted by atomic mass is 9.88. The van der Waals surface area contributed by atoms with Gasteiger partial charge in [0, 0.05) is 17.2 Å². The van der Waals surface area contributed by atoms with Crippen molar-refractivity contribution >= 4 is 5.97 Å². The number of esters is 1. The molecule has 3 N–H and O–H groups in total. The molecular formula is C14H16N2O4. The highest BCUT2D eigenvalue weighted by atomic mass is 16.5. The van der Waals surface area contributed by atoms with Gasteiger partial charge in [-0.15, -0.1) is 0 Å². The highest BCUT2D eigenvalue weighted by Gasteiger charge is 2.24. The number of hydrogen-bond acceptors (Lipinski definition) is 4. The summed E-state index contributed by atoms with van der Waals surface area (Å²) in [5.74, 6) is -0.689. The van der Waals surface area contributed by atoms with Gasteiger partial charge < -0.3 is 14.9 Å². The maximum Gasteiger partial charge on any atom is 0.306 e. The smallest absolute Gasteiger partial charge is 0.306 e. The predicted molar refractivity (Wildman–Crippen MR) is 72.7 cm³/mol. The van der Waals surface area contributed by atoms with Crippen LogP contribution in [0.2, 0.25) is 0 Å². The number of carbonyl (C=O) groups is 1. The first-order chi connectivity index (χ1) is 9.52. The number of hydrogen-bond donors (Lipinski definition) is 3. The Morgan fingerprint density at radius 3 is 2.45 bits per heavy atom. The van der Waals surface area contributed by atoms with Gasteiger partial charge in [-0.1, -0.05) is 12.1 Å². The summed E-state index contributed by atoms with van der Waals surface area (Å²) in [6, 6.07) is 6.43. The molecule has 0 fully saturated rings. The van der Waals surface area contributed by atoms with Crippen LogP contribution in [0.5, 0.6) is 5.75 Å². The van der Waals surface area contributed by atoms with Crippen LogP contribution in [0, 0.1) is 6.92 Å². The number of aromatic hydroxyl groups is 1. The Kier molecular flexibility index (Phi) is 3.93. The van der Waals surface area contributed by atoms with Crippen LogP contribution in [0.4, 0.5) is 0 Å². The number of carbonyl (C=O) groups excluding carboxylic acids is 1. The number of nitrogens with one attached hydrogen (secondary N) is 2. The van der Waals surface area contributed by atoms with Crippen molar-refractivity contribution in [2.24, 2.45) is 0 Å². The molecule has 2 aromatic rings. The Balaban J connectivity index is 2.47. The summed E-state index contributed by atoms with van der Waals surface area (Å²) in [6.07, 6.45) is 0.0586. The van der Waals surface area contributed by atoms with Gasteiger partial charge in [-0.3, -0.25) is 14.7 Å². The Labute approximate surface area is 115 Å². The summed E-state index contributed by atoms with van der Waals surface area (Å²) in [7, 11) is 1.31. The third kappa shape index (κ3) is 2.74. The molecule has 0 aliphatic carbocycles. The standard InChI is InChI=1S/C14H16N2O4/c1-8-13(14(19)16-15-8)11(7-12(18)20-2)9-3-5-10(17)6-4-9/h3-6,11,17H,7H2,1-2H3,(H2,15,16,19). The Bertz CT molecular complexity index is 655. The Morgan fingerprint density at radius 1 is 1.30 bits per heavy atom. The minimum absolute atomic E-state index is 0.0586. The highest BCUT2D eigenvalue weighted by molar-refractivity contribution is 5.71. The number of ether oxygens (including phenoxy) is 1. The van der Waals surface area contributed by atoms with Crippen LogP contribution in [-0.4, -0.2) is 28.4 Å². The summed E-state index contributed by atoms with van der Waals surface area (Å²) in [6.45, 7) is 1.76. The van der Waals surface area contributed by atoms with Crippen LogP contribution >= 0.6 is 0 Å². The lowest BCUT2D eigenvalue weighted by Gasteiger charge is -2.15. The summed E-state index contributed by atoms with van der Waals surface area (Å²) in [4.78, 5) is 23.5. The van der Waals surface area contributed by atoms with E-state index in [1.807, 2.05) is 0 Å². The third-order valence-electron chi connectivity index (χ3n) is 3.25. The Hall–Kier alpha value is -2.50. The summed E-state index contributed by atoms with van der Waals surface area (Å²) >= 11 is 0. The highest BCUT2D eigenvalue weighted by Crippen LogP contribution is 2.28. The van der Waals surface area contributed by atoms with Gasteiger partial charge in [0.2, 0.25) is 0 Å². The first-order valence-corrected chi connectivity index (χ1v) is 6.15. The van der Waals surface area contributed by atoms with E-state index in [4.69, 9.17) is 4.74 Å². The van der Waals surface area contributed by atoms with Gasteiger partial charge in [0.15, 0.2) is 0 Å². The van der Waals surface area contributed by atoms with E-state index in [0.29, 0.717) is 11.3 Å². The number of phenols is 1. The van der Waals surface area contributed by atoms with Crippen LogP contribution in [0.3, 0.4) is 0 Å². The second kappa shape index (κ2) is 5.64. The maximum absolute atomic E-state index is 11.9. The van der Waals surface area contributed by atoms with E-state index in [2.05, 4.69) is 10.2 Å². The molecule has 0 bridgehead atoms. The largest absolute Gasteiger partial charge is 0.508 e. The number of methoxy groups -OCH3 is 1. The SMILES string of the molecule is COC(=O)CC(c1ccc(O)cc1)c1c(C)[nH][nH]c1=O. The molecular weight excluding hydrogens is 260 g/mol. The molecule has 1 aromatic carbocycles. The fraction of sp³-hybridized carbons (Fsp3) is 0.286. The molecule has 0 aliphatic heterocycles. The van der Waals surface area contributed by atoms with Gasteiger partial charge in [0.1, 0.15) is 5.75 Å². The fourth-order valence-corrected chi connectivity index (χ4v) is 2.22. The number of aromatic amines is 2. The van der Waals surface area contributed by atoms with E-state index in [-0.39, 0.29) is 17.7 Å². The molecule has 0 saturated carbocycles. The molecule has 1 atom stereocenters. The number of phenolic OH excluding ortho intramolecular Hbond substituents is 1. The molecule has 20 heavy (non-hydrogen) atoms. The second-order valence-electron chi connectivity index (χ2n) is 4.54. The van der Waals surface area contributed by atoms with Crippen molar-refractivity contribution in [3.05, 3.63) is 51.4 Å². The first-order valence-electron chi connectivity index (χ1n) is 6.15. The zero-order valence-corrected chi connectivity index (χ0v) is 11.3. The lowest BCUT2D eigenvalue weighted by molar-refractivity contribution is -0.140. The summed E-state index contributed by atoms with van der Waals surface area (Å²) in [5, 5.41) is 14.6. The van der Waals surface area contributed by atoms with Gasteiger partial charge in [0.05, 0.1) is 13.5 Å². The van der Waals surface area contributed by atoms with Crippen molar-refractivity contribution in [3.63, 3.8) is 0 Å². The number of aromatic nitrogens is 2. The average Bonchev–Trinajstić information content (AvgIpc) is 2.76. The molecule has 0 radical (unpaired) electrons. The normalized spacial score (nSPS) is 12.1. The fourth-order valence-electron chi connectivity index (χ4n) is 2.22. The van der Waals surface area contributed by atoms with E-state index < -0.39 is 11.9 Å². The molecule has 106 valence electrons. The van der Waals surface area contributed by atoms with Gasteiger partial charge in [-0.25, -0.2) is 0 Å². The van der Waals surface area contributed by atoms with E-state index in [0.717, 1.165) is 5.56 Å². The molecule has 1 heterocycles. The molecule has 0 amide bonds. The Morgan fingerprint density at radius 2 is 1.95 bits per heavy atom. The molecule has 6 heteroatoms. The van der Waals surface area contributed by atoms with Crippen molar-refractivity contribution in [2.75, 3.05) is 7.11 Å². The van der Waals surface area contributed by atoms with Crippen molar-refractivity contribution in [1.29, 1.82) is 0 Å². The van der Waals surface area contributed by atoms with Crippen molar-refractivity contribution in [3.8, 4) is 5.75 Å². The van der Waals surface area contributed by atoms with Crippen molar-refractivity contribution in [2.45, 2.75) is 19.3 Å². The maximum atomic E-state index is 11.9. The molecule has 2 rings (SSSR count). The monoisotopic (exact) mass is 276 g/mol. The molecule has 0 saturated heterocycles. The molecule has 6 nitrogen and oxygen atoms in total. The average molecular weight is 276 g/mol. The minimum Gasteiger partial charge on any atom is -0.508 e. The molecule has 1 aromatic heterocycles. The van der Waals surface area contributed by atoms with E-state index in [1.165, 1.54) is 19.2 Å². The molecule has 0 aliphatic rings. The van der Waals surface area contributed by atoms with Crippen LogP contribution in [0.1, 0.15) is 29.2 Å². The summed E-state index contributed by atoms with van der Waals surface area (Å²) in [5.41, 5.74) is 1.68. The lowest BCUT2D eigenvalue weighted by Crippen LogP contribution is -2.17. The van der Waals surface area contributed by atoms with Gasteiger partial charge in [0.25, 0.3) is 5.56 Å². The second-order valence-corrected chi connectivity index (χ2v) is 4.54. The van der Waals surface area contributed by atoms with Crippen LogP contribution < -0.4 is 5.56 Å². The van der Waals surface area contributed by atoms with Gasteiger partial charge >= 0.3 is 5.97 Å². The topological polar surface area (TPSA) is 95.2 Å². The van der Waals surface area contributed by atoms with E-state index in [1.54, 1.807) is 19.1 Å². The van der Waals surface area contributed by atoms with E-state index >= 15 is 0 Å². The van der Waals surface area contributed by atoms with Crippen LogP contribution in [-0.2, 0) is 9.53 Å². The van der Waals surface area contributed by atoms with Gasteiger partial charge in [-0.2, -0.15) is 0 Å². The van der Waals surface area contributed by atoms with Crippen LogP contribution in [0.15, 0.2) is 29.1 Å². The zero-order valence-electron chi connectivity index (χ0n) is 11.3. The number of rotatable bonds is 4. The first kappa shape index (κ1) is 13.9. The predicted octanol–water partition coefficient (Wildman–Crippen LogP) is 1.41. The molecule has 1 unspecified atom stereocenters. The third-order valence-corrected chi connectivity index (χ3v) is 3.25. The quantitative estimate of drug-likeness (QED) is 0.736. The summed E-state index contributed by atoms with van der Waals surface area (Å²) < 4.78 is 4.69. The van der Waals surface area contributed by atoms with Crippen molar-refractivity contribution < 1.29 is 14.6 Å². The van der Waals surface area contributed by atoms with Crippen molar-refractivity contribution in [1.82, 2.24) is 10.2 Å². The molecule has 0 spiro atoms. The number of aryl methyl sites for hydroxylation is 1. The van der Waals surface area contributed by atoms with Gasteiger partial charge in [-0.05, 0) is 24.6 Å². The minimum atomic E-state index is -0.418. The number of H-pyrrole nitrogens is 2.